The molecule has 4 nitrogen and oxygen atoms in total. The van der Waals surface area contributed by atoms with Gasteiger partial charge in [0, 0.05) is 37.1 Å². The third-order valence-electron chi connectivity index (χ3n) is 3.69. The van der Waals surface area contributed by atoms with Gasteiger partial charge in [0.15, 0.2) is 0 Å². The van der Waals surface area contributed by atoms with Gasteiger partial charge in [0.2, 0.25) is 5.88 Å². The first-order valence-electron chi connectivity index (χ1n) is 7.36. The van der Waals surface area contributed by atoms with E-state index >= 15 is 0 Å². The van der Waals surface area contributed by atoms with Crippen molar-refractivity contribution in [2.24, 2.45) is 0 Å². The minimum absolute atomic E-state index is 0.654. The van der Waals surface area contributed by atoms with Crippen LogP contribution in [0, 0.1) is 0 Å². The molecule has 0 unspecified atom stereocenters. The normalized spacial score (nSPS) is 16.9. The molecule has 0 bridgehead atoms. The van der Waals surface area contributed by atoms with E-state index in [4.69, 9.17) is 4.74 Å². The van der Waals surface area contributed by atoms with E-state index < -0.39 is 0 Å². The molecule has 4 heteroatoms. The molecule has 0 radical (unpaired) electrons. The van der Waals surface area contributed by atoms with Crippen molar-refractivity contribution >= 4 is 5.69 Å². The monoisotopic (exact) mass is 263 g/mol. The Morgan fingerprint density at radius 2 is 2.00 bits per heavy atom. The van der Waals surface area contributed by atoms with Crippen molar-refractivity contribution in [1.29, 1.82) is 0 Å². The molecule has 2 rings (SSSR count). The third-order valence-corrected chi connectivity index (χ3v) is 3.69. The van der Waals surface area contributed by atoms with Crippen LogP contribution in [0.1, 0.15) is 38.5 Å². The summed E-state index contributed by atoms with van der Waals surface area (Å²) in [7, 11) is 1.64. The number of nitrogens with zero attached hydrogens (tertiary/aromatic N) is 1. The minimum Gasteiger partial charge on any atom is -0.481 e. The highest BCUT2D eigenvalue weighted by atomic mass is 16.5. The largest absolute Gasteiger partial charge is 0.481 e. The average Bonchev–Trinajstić information content (AvgIpc) is 2.72. The Balaban J connectivity index is 1.65. The van der Waals surface area contributed by atoms with Crippen LogP contribution in [0.25, 0.3) is 0 Å². The number of nitrogens with one attached hydrogen (secondary N) is 2. The lowest BCUT2D eigenvalue weighted by atomic mass is 10.1. The number of hydrogen-bond acceptors (Lipinski definition) is 4. The van der Waals surface area contributed by atoms with Crippen LogP contribution in [-0.4, -0.2) is 31.2 Å². The Morgan fingerprint density at radius 1 is 1.21 bits per heavy atom. The van der Waals surface area contributed by atoms with E-state index in [0.717, 1.165) is 24.8 Å². The number of anilines is 1. The van der Waals surface area contributed by atoms with Crippen LogP contribution in [-0.2, 0) is 0 Å². The van der Waals surface area contributed by atoms with E-state index in [-0.39, 0.29) is 0 Å². The second-order valence-electron chi connectivity index (χ2n) is 5.16. The fourth-order valence-electron chi connectivity index (χ4n) is 2.60. The molecule has 1 aliphatic rings. The molecule has 1 aromatic heterocycles. The zero-order valence-corrected chi connectivity index (χ0v) is 11.8. The van der Waals surface area contributed by atoms with Crippen molar-refractivity contribution in [3.05, 3.63) is 18.3 Å². The van der Waals surface area contributed by atoms with Gasteiger partial charge in [0.1, 0.15) is 0 Å². The molecule has 106 valence electrons. The van der Waals surface area contributed by atoms with Gasteiger partial charge < -0.3 is 15.4 Å². The van der Waals surface area contributed by atoms with Crippen LogP contribution < -0.4 is 15.4 Å². The van der Waals surface area contributed by atoms with Crippen LogP contribution in [0.4, 0.5) is 5.69 Å². The van der Waals surface area contributed by atoms with Crippen molar-refractivity contribution in [2.45, 2.75) is 44.6 Å². The highest BCUT2D eigenvalue weighted by Crippen LogP contribution is 2.17. The van der Waals surface area contributed by atoms with Crippen LogP contribution in [0.3, 0.4) is 0 Å². The van der Waals surface area contributed by atoms with Gasteiger partial charge in [-0.05, 0) is 18.9 Å². The minimum atomic E-state index is 0.654. The zero-order valence-electron chi connectivity index (χ0n) is 11.8. The SMILES string of the molecule is COc1cc(NCCNC2CCCCCC2)ccn1. The molecule has 0 aliphatic heterocycles. The lowest BCUT2D eigenvalue weighted by Gasteiger charge is -2.16. The van der Waals surface area contributed by atoms with E-state index in [2.05, 4.69) is 15.6 Å². The number of aromatic nitrogens is 1. The summed E-state index contributed by atoms with van der Waals surface area (Å²) in [5, 5.41) is 7.04. The predicted octanol–water partition coefficient (Wildman–Crippen LogP) is 2.81. The van der Waals surface area contributed by atoms with Gasteiger partial charge in [0.25, 0.3) is 0 Å². The molecule has 0 amide bonds. The molecule has 0 atom stereocenters. The molecule has 0 aromatic carbocycles. The van der Waals surface area contributed by atoms with Gasteiger partial charge in [-0.1, -0.05) is 25.7 Å². The molecule has 1 heterocycles. The molecule has 1 aromatic rings. The summed E-state index contributed by atoms with van der Waals surface area (Å²) in [6.45, 7) is 1.94. The number of hydrogen-bond donors (Lipinski definition) is 2. The highest BCUT2D eigenvalue weighted by molar-refractivity contribution is 5.44. The summed E-state index contributed by atoms with van der Waals surface area (Å²) in [4.78, 5) is 4.09. The molecule has 1 fully saturated rings. The van der Waals surface area contributed by atoms with Crippen LogP contribution in [0.15, 0.2) is 18.3 Å². The molecule has 2 N–H and O–H groups in total. The summed E-state index contributed by atoms with van der Waals surface area (Å²) in [5.74, 6) is 0.654. The quantitative estimate of drug-likeness (QED) is 0.612. The standard InChI is InChI=1S/C15H25N3O/c1-19-15-12-14(8-9-18-15)17-11-10-16-13-6-4-2-3-5-7-13/h8-9,12-13,16H,2-7,10-11H2,1H3,(H,17,18). The first kappa shape index (κ1) is 14.1. The summed E-state index contributed by atoms with van der Waals surface area (Å²) < 4.78 is 5.10. The van der Waals surface area contributed by atoms with Gasteiger partial charge in [-0.15, -0.1) is 0 Å². The Bertz CT molecular complexity index is 362. The maximum atomic E-state index is 5.10. The maximum Gasteiger partial charge on any atom is 0.214 e. The Morgan fingerprint density at radius 3 is 2.74 bits per heavy atom. The highest BCUT2D eigenvalue weighted by Gasteiger charge is 2.10. The number of pyridine rings is 1. The number of methoxy groups -OCH3 is 1. The van der Waals surface area contributed by atoms with Crippen LogP contribution in [0.2, 0.25) is 0 Å². The second kappa shape index (κ2) is 8.00. The van der Waals surface area contributed by atoms with Gasteiger partial charge in [0.05, 0.1) is 7.11 Å². The van der Waals surface area contributed by atoms with Crippen LogP contribution in [0.5, 0.6) is 5.88 Å². The van der Waals surface area contributed by atoms with Crippen molar-refractivity contribution in [3.63, 3.8) is 0 Å². The van der Waals surface area contributed by atoms with Gasteiger partial charge >= 0.3 is 0 Å². The second-order valence-corrected chi connectivity index (χ2v) is 5.16. The topological polar surface area (TPSA) is 46.2 Å². The number of ether oxygens (including phenoxy) is 1. The van der Waals surface area contributed by atoms with E-state index in [9.17, 15) is 0 Å². The van der Waals surface area contributed by atoms with Gasteiger partial charge in [-0.25, -0.2) is 4.98 Å². The van der Waals surface area contributed by atoms with Gasteiger partial charge in [-0.2, -0.15) is 0 Å². The van der Waals surface area contributed by atoms with Crippen molar-refractivity contribution in [3.8, 4) is 5.88 Å². The van der Waals surface area contributed by atoms with E-state index in [1.165, 1.54) is 38.5 Å². The fourth-order valence-corrected chi connectivity index (χ4v) is 2.60. The summed E-state index contributed by atoms with van der Waals surface area (Å²) in [6, 6.07) is 4.61. The Kier molecular flexibility index (Phi) is 5.95. The van der Waals surface area contributed by atoms with Crippen molar-refractivity contribution in [2.75, 3.05) is 25.5 Å². The van der Waals surface area contributed by atoms with E-state index in [0.29, 0.717) is 5.88 Å². The maximum absolute atomic E-state index is 5.10. The van der Waals surface area contributed by atoms with Gasteiger partial charge in [-0.3, -0.25) is 0 Å². The molecule has 0 saturated heterocycles. The Labute approximate surface area is 116 Å². The smallest absolute Gasteiger partial charge is 0.214 e. The molecular formula is C15H25N3O. The first-order valence-corrected chi connectivity index (χ1v) is 7.36. The Hall–Kier alpha value is -1.29. The van der Waals surface area contributed by atoms with E-state index in [1.807, 2.05) is 12.1 Å². The predicted molar refractivity (Wildman–Crippen MR) is 78.8 cm³/mol. The zero-order chi connectivity index (χ0) is 13.3. The van der Waals surface area contributed by atoms with Crippen molar-refractivity contribution in [1.82, 2.24) is 10.3 Å². The van der Waals surface area contributed by atoms with Crippen LogP contribution >= 0.6 is 0 Å². The molecule has 0 spiro atoms. The lowest BCUT2D eigenvalue weighted by Crippen LogP contribution is -2.32. The third kappa shape index (κ3) is 5.07. The van der Waals surface area contributed by atoms with E-state index in [1.54, 1.807) is 13.3 Å². The molecule has 19 heavy (non-hydrogen) atoms. The summed E-state index contributed by atoms with van der Waals surface area (Å²) >= 11 is 0. The average molecular weight is 263 g/mol. The fraction of sp³-hybridized carbons (Fsp3) is 0.667. The molecular weight excluding hydrogens is 238 g/mol. The summed E-state index contributed by atoms with van der Waals surface area (Å²) in [5.41, 5.74) is 1.06. The lowest BCUT2D eigenvalue weighted by molar-refractivity contribution is 0.398. The van der Waals surface area contributed by atoms with Crippen molar-refractivity contribution < 1.29 is 4.74 Å². The summed E-state index contributed by atoms with van der Waals surface area (Å²) in [6.07, 6.45) is 10.0. The molecule has 1 saturated carbocycles. The molecule has 1 aliphatic carbocycles. The number of rotatable bonds is 6. The first-order chi connectivity index (χ1) is 9.38.